The zero-order valence-electron chi connectivity index (χ0n) is 10.8. The highest BCUT2D eigenvalue weighted by molar-refractivity contribution is 5.59. The largest absolute Gasteiger partial charge is 0.496 e. The van der Waals surface area contributed by atoms with E-state index >= 15 is 0 Å². The van der Waals surface area contributed by atoms with Crippen LogP contribution in [0.2, 0.25) is 0 Å². The molecule has 0 amide bonds. The maximum atomic E-state index is 5.29. The molecule has 0 bridgehead atoms. The summed E-state index contributed by atoms with van der Waals surface area (Å²) in [5.41, 5.74) is 5.04. The minimum atomic E-state index is 0.955. The van der Waals surface area contributed by atoms with Gasteiger partial charge in [0.25, 0.3) is 0 Å². The lowest BCUT2D eigenvalue weighted by molar-refractivity contribution is 0.411. The number of hydrogen-bond donors (Lipinski definition) is 0. The van der Waals surface area contributed by atoms with Gasteiger partial charge in [0, 0.05) is 0 Å². The van der Waals surface area contributed by atoms with E-state index in [1.54, 1.807) is 7.11 Å². The van der Waals surface area contributed by atoms with Gasteiger partial charge >= 0.3 is 0 Å². The van der Waals surface area contributed by atoms with Crippen molar-refractivity contribution in [2.45, 2.75) is 27.7 Å². The third-order valence-electron chi connectivity index (χ3n) is 2.70. The second-order valence-electron chi connectivity index (χ2n) is 4.21. The molecule has 0 unspecified atom stereocenters. The average Bonchev–Trinajstić information content (AvgIpc) is 2.24. The van der Waals surface area contributed by atoms with Crippen molar-refractivity contribution >= 4 is 6.08 Å². The summed E-state index contributed by atoms with van der Waals surface area (Å²) < 4.78 is 5.29. The molecule has 0 aromatic heterocycles. The highest BCUT2D eigenvalue weighted by Crippen LogP contribution is 2.24. The van der Waals surface area contributed by atoms with Crippen LogP contribution >= 0.6 is 0 Å². The van der Waals surface area contributed by atoms with Crippen LogP contribution in [0, 0.1) is 13.8 Å². The zero-order valence-corrected chi connectivity index (χ0v) is 10.8. The predicted octanol–water partition coefficient (Wildman–Crippen LogP) is 4.29. The van der Waals surface area contributed by atoms with E-state index in [9.17, 15) is 0 Å². The Hall–Kier alpha value is -1.50. The second-order valence-corrected chi connectivity index (χ2v) is 4.21. The maximum absolute atomic E-state index is 5.29. The van der Waals surface area contributed by atoms with E-state index < -0.39 is 0 Å². The van der Waals surface area contributed by atoms with Crippen molar-refractivity contribution in [1.82, 2.24) is 0 Å². The van der Waals surface area contributed by atoms with Crippen LogP contribution in [0.5, 0.6) is 5.75 Å². The first-order valence-electron chi connectivity index (χ1n) is 5.52. The van der Waals surface area contributed by atoms with Crippen molar-refractivity contribution in [1.29, 1.82) is 0 Å². The summed E-state index contributed by atoms with van der Waals surface area (Å²) in [5.74, 6) is 0.955. The fourth-order valence-electron chi connectivity index (χ4n) is 1.56. The Morgan fingerprint density at radius 1 is 1.12 bits per heavy atom. The van der Waals surface area contributed by atoms with Gasteiger partial charge in [-0.15, -0.1) is 0 Å². The summed E-state index contributed by atoms with van der Waals surface area (Å²) in [7, 11) is 1.71. The molecule has 0 saturated heterocycles. The summed E-state index contributed by atoms with van der Waals surface area (Å²) >= 11 is 0. The first kappa shape index (κ1) is 12.6. The van der Waals surface area contributed by atoms with Gasteiger partial charge in [0.05, 0.1) is 7.11 Å². The topological polar surface area (TPSA) is 9.23 Å². The van der Waals surface area contributed by atoms with E-state index in [1.807, 2.05) is 6.07 Å². The van der Waals surface area contributed by atoms with Gasteiger partial charge in [-0.05, 0) is 50.5 Å². The summed E-state index contributed by atoms with van der Waals surface area (Å²) in [6.07, 6.45) is 6.33. The molecule has 0 radical (unpaired) electrons. The molecule has 0 aliphatic rings. The summed E-state index contributed by atoms with van der Waals surface area (Å²) in [4.78, 5) is 0. The van der Waals surface area contributed by atoms with Crippen LogP contribution in [0.3, 0.4) is 0 Å². The Balaban J connectivity index is 3.04. The molecule has 0 fully saturated rings. The van der Waals surface area contributed by atoms with Crippen LogP contribution in [0.4, 0.5) is 0 Å². The summed E-state index contributed by atoms with van der Waals surface area (Å²) in [5, 5.41) is 0. The fourth-order valence-corrected chi connectivity index (χ4v) is 1.56. The summed E-state index contributed by atoms with van der Waals surface area (Å²) in [6.45, 7) is 8.40. The number of hydrogen-bond acceptors (Lipinski definition) is 1. The molecule has 1 aromatic carbocycles. The van der Waals surface area contributed by atoms with Crippen molar-refractivity contribution in [3.05, 3.63) is 46.5 Å². The van der Waals surface area contributed by atoms with Crippen LogP contribution in [-0.4, -0.2) is 7.11 Å². The lowest BCUT2D eigenvalue weighted by Gasteiger charge is -2.09. The van der Waals surface area contributed by atoms with Gasteiger partial charge in [-0.2, -0.15) is 0 Å². The third-order valence-corrected chi connectivity index (χ3v) is 2.70. The Morgan fingerprint density at radius 2 is 1.81 bits per heavy atom. The molecule has 1 nitrogen and oxygen atoms in total. The highest BCUT2D eigenvalue weighted by Gasteiger charge is 2.03. The first-order valence-corrected chi connectivity index (χ1v) is 5.52. The molecule has 86 valence electrons. The van der Waals surface area contributed by atoms with Gasteiger partial charge in [-0.1, -0.05) is 29.9 Å². The average molecular weight is 216 g/mol. The molecule has 1 rings (SSSR count). The van der Waals surface area contributed by atoms with Crippen LogP contribution in [0.1, 0.15) is 30.5 Å². The van der Waals surface area contributed by atoms with Gasteiger partial charge < -0.3 is 4.74 Å². The molecule has 1 aromatic rings. The van der Waals surface area contributed by atoms with Crippen molar-refractivity contribution in [3.8, 4) is 5.75 Å². The lowest BCUT2D eigenvalue weighted by atomic mass is 10.0. The van der Waals surface area contributed by atoms with E-state index in [-0.39, 0.29) is 0 Å². The molecule has 0 spiro atoms. The van der Waals surface area contributed by atoms with Crippen molar-refractivity contribution in [3.63, 3.8) is 0 Å². The third kappa shape index (κ3) is 2.99. The molecule has 16 heavy (non-hydrogen) atoms. The molecule has 0 atom stereocenters. The van der Waals surface area contributed by atoms with Crippen molar-refractivity contribution < 1.29 is 4.74 Å². The van der Waals surface area contributed by atoms with Crippen molar-refractivity contribution in [2.24, 2.45) is 0 Å². The molecule has 0 saturated carbocycles. The molecular weight excluding hydrogens is 196 g/mol. The monoisotopic (exact) mass is 216 g/mol. The predicted molar refractivity (Wildman–Crippen MR) is 70.9 cm³/mol. The number of rotatable bonds is 3. The number of methoxy groups -OCH3 is 1. The summed E-state index contributed by atoms with van der Waals surface area (Å²) in [6, 6.07) is 4.11. The number of allylic oxidation sites excluding steroid dienone is 3. The van der Waals surface area contributed by atoms with Gasteiger partial charge in [0.15, 0.2) is 0 Å². The number of ether oxygens (including phenoxy) is 1. The molecule has 0 heterocycles. The number of benzene rings is 1. The normalized spacial score (nSPS) is 10.6. The van der Waals surface area contributed by atoms with Crippen LogP contribution in [-0.2, 0) is 0 Å². The maximum Gasteiger partial charge on any atom is 0.122 e. The van der Waals surface area contributed by atoms with E-state index in [0.29, 0.717) is 0 Å². The quantitative estimate of drug-likeness (QED) is 0.685. The molecule has 0 aliphatic heterocycles. The standard InChI is InChI=1S/C15H20O/c1-11(2)7-6-8-14-9-10-15(16-5)13(4)12(14)3/h6-10H,1-5H3/b8-6-. The SMILES string of the molecule is COc1ccc(/C=C\C=C(C)C)c(C)c1C. The van der Waals surface area contributed by atoms with E-state index in [2.05, 4.69) is 52.0 Å². The Labute approximate surface area is 98.5 Å². The second kappa shape index (κ2) is 5.55. The smallest absolute Gasteiger partial charge is 0.122 e. The lowest BCUT2D eigenvalue weighted by Crippen LogP contribution is -1.92. The van der Waals surface area contributed by atoms with E-state index in [4.69, 9.17) is 4.74 Å². The zero-order chi connectivity index (χ0) is 12.1. The minimum Gasteiger partial charge on any atom is -0.496 e. The van der Waals surface area contributed by atoms with Crippen molar-refractivity contribution in [2.75, 3.05) is 7.11 Å². The van der Waals surface area contributed by atoms with Gasteiger partial charge in [0.1, 0.15) is 5.75 Å². The molecule has 0 N–H and O–H groups in total. The highest BCUT2D eigenvalue weighted by atomic mass is 16.5. The Bertz CT molecular complexity index is 421. The molecule has 1 heteroatoms. The molecular formula is C15H20O. The van der Waals surface area contributed by atoms with Crippen LogP contribution < -0.4 is 4.74 Å². The van der Waals surface area contributed by atoms with Gasteiger partial charge in [0.2, 0.25) is 0 Å². The van der Waals surface area contributed by atoms with Crippen LogP contribution in [0.25, 0.3) is 6.08 Å². The Kier molecular flexibility index (Phi) is 4.36. The van der Waals surface area contributed by atoms with Gasteiger partial charge in [-0.25, -0.2) is 0 Å². The first-order chi connectivity index (χ1) is 7.56. The van der Waals surface area contributed by atoms with E-state index in [0.717, 1.165) is 5.75 Å². The van der Waals surface area contributed by atoms with Crippen LogP contribution in [0.15, 0.2) is 29.9 Å². The molecule has 0 aliphatic carbocycles. The fraction of sp³-hybridized carbons (Fsp3) is 0.333. The minimum absolute atomic E-state index is 0.955. The Morgan fingerprint density at radius 3 is 2.38 bits per heavy atom. The van der Waals surface area contributed by atoms with Gasteiger partial charge in [-0.3, -0.25) is 0 Å². The van der Waals surface area contributed by atoms with E-state index in [1.165, 1.54) is 22.3 Å².